The van der Waals surface area contributed by atoms with E-state index in [2.05, 4.69) is 10.6 Å². The van der Waals surface area contributed by atoms with Crippen molar-refractivity contribution >= 4 is 11.6 Å². The van der Waals surface area contributed by atoms with Crippen molar-refractivity contribution in [3.05, 3.63) is 23.8 Å². The quantitative estimate of drug-likeness (QED) is 0.879. The summed E-state index contributed by atoms with van der Waals surface area (Å²) in [5, 5.41) is 6.05. The van der Waals surface area contributed by atoms with E-state index in [-0.39, 0.29) is 37.4 Å². The average Bonchev–Trinajstić information content (AvgIpc) is 2.53. The zero-order valence-electron chi connectivity index (χ0n) is 13.5. The maximum atomic E-state index is 12.9. The monoisotopic (exact) mass is 342 g/mol. The third-order valence-corrected chi connectivity index (χ3v) is 4.76. The highest BCUT2D eigenvalue weighted by atomic mass is 19.4. The van der Waals surface area contributed by atoms with Crippen molar-refractivity contribution in [1.82, 2.24) is 5.32 Å². The predicted molar refractivity (Wildman–Crippen MR) is 83.9 cm³/mol. The predicted octanol–water partition coefficient (Wildman–Crippen LogP) is 3.79. The number of ether oxygens (including phenoxy) is 1. The van der Waals surface area contributed by atoms with Crippen molar-refractivity contribution in [2.75, 3.05) is 11.9 Å². The summed E-state index contributed by atoms with van der Waals surface area (Å²) in [7, 11) is 0. The van der Waals surface area contributed by atoms with Gasteiger partial charge in [-0.15, -0.1) is 0 Å². The number of nitrogens with one attached hydrogen (secondary N) is 2. The Balaban J connectivity index is 1.65. The molecule has 0 saturated heterocycles. The van der Waals surface area contributed by atoms with Crippen LogP contribution in [0.1, 0.15) is 44.2 Å². The van der Waals surface area contributed by atoms with E-state index < -0.39 is 12.1 Å². The highest BCUT2D eigenvalue weighted by Gasteiger charge is 2.42. The Morgan fingerprint density at radius 2 is 2.12 bits per heavy atom. The van der Waals surface area contributed by atoms with Crippen molar-refractivity contribution in [3.63, 3.8) is 0 Å². The highest BCUT2D eigenvalue weighted by Crippen LogP contribution is 2.38. The van der Waals surface area contributed by atoms with E-state index in [1.165, 1.54) is 0 Å². The lowest BCUT2D eigenvalue weighted by molar-refractivity contribution is -0.183. The van der Waals surface area contributed by atoms with Crippen molar-refractivity contribution in [3.8, 4) is 5.75 Å². The van der Waals surface area contributed by atoms with Crippen LogP contribution in [0.5, 0.6) is 5.75 Å². The summed E-state index contributed by atoms with van der Waals surface area (Å²) in [6, 6.07) is 5.21. The van der Waals surface area contributed by atoms with Crippen LogP contribution in [0.4, 0.5) is 18.9 Å². The Kier molecular flexibility index (Phi) is 4.71. The number of halogens is 3. The fourth-order valence-electron chi connectivity index (χ4n) is 3.46. The molecule has 2 N–H and O–H groups in total. The lowest BCUT2D eigenvalue weighted by Gasteiger charge is -2.33. The molecule has 1 heterocycles. The minimum atomic E-state index is -4.11. The van der Waals surface area contributed by atoms with Gasteiger partial charge in [0.25, 0.3) is 5.91 Å². The normalized spacial score (nSPS) is 25.4. The Bertz CT molecular complexity index is 618. The van der Waals surface area contributed by atoms with Crippen LogP contribution in [0.2, 0.25) is 0 Å². The van der Waals surface area contributed by atoms with E-state index >= 15 is 0 Å². The van der Waals surface area contributed by atoms with Crippen molar-refractivity contribution in [1.29, 1.82) is 0 Å². The minimum absolute atomic E-state index is 0.00105. The highest BCUT2D eigenvalue weighted by molar-refractivity contribution is 5.95. The van der Waals surface area contributed by atoms with Gasteiger partial charge in [0.1, 0.15) is 5.75 Å². The summed E-state index contributed by atoms with van der Waals surface area (Å²) >= 11 is 0. The van der Waals surface area contributed by atoms with Gasteiger partial charge in [0.2, 0.25) is 0 Å². The molecule has 24 heavy (non-hydrogen) atoms. The lowest BCUT2D eigenvalue weighted by atomic mass is 9.84. The zero-order chi connectivity index (χ0) is 17.3. The van der Waals surface area contributed by atoms with Crippen LogP contribution in [-0.4, -0.2) is 24.7 Å². The van der Waals surface area contributed by atoms with Gasteiger partial charge < -0.3 is 15.4 Å². The number of carbonyl (C=O) groups is 1. The first-order valence-corrected chi connectivity index (χ1v) is 8.22. The standard InChI is InChI=1S/C17H21F3N2O2/c1-10(21-13-4-2-3-12(8-13)17(18,19)20)11-5-6-15-14(7-11)22-16(23)9-24-15/h5-7,10,12-13,21H,2-4,8-9H2,1H3,(H,22,23)/t10-,12-,13+/m0/s1. The van der Waals surface area contributed by atoms with Gasteiger partial charge in [0, 0.05) is 12.1 Å². The van der Waals surface area contributed by atoms with E-state index in [1.54, 1.807) is 6.07 Å². The molecular formula is C17H21F3N2O2. The van der Waals surface area contributed by atoms with Crippen LogP contribution >= 0.6 is 0 Å². The Labute approximate surface area is 138 Å². The first-order chi connectivity index (χ1) is 11.3. The van der Waals surface area contributed by atoms with Crippen molar-refractivity contribution < 1.29 is 22.7 Å². The molecule has 2 aliphatic rings. The molecule has 1 aromatic carbocycles. The number of fused-ring (bicyclic) bond motifs is 1. The molecule has 132 valence electrons. The van der Waals surface area contributed by atoms with E-state index in [0.29, 0.717) is 17.9 Å². The van der Waals surface area contributed by atoms with Gasteiger partial charge in [0.15, 0.2) is 6.61 Å². The third kappa shape index (κ3) is 3.83. The van der Waals surface area contributed by atoms with E-state index in [4.69, 9.17) is 4.74 Å². The van der Waals surface area contributed by atoms with Gasteiger partial charge in [-0.2, -0.15) is 13.2 Å². The third-order valence-electron chi connectivity index (χ3n) is 4.76. The number of hydrogen-bond donors (Lipinski definition) is 2. The second-order valence-electron chi connectivity index (χ2n) is 6.58. The molecule has 0 aromatic heterocycles. The van der Waals surface area contributed by atoms with Gasteiger partial charge >= 0.3 is 6.18 Å². The number of rotatable bonds is 3. The van der Waals surface area contributed by atoms with Crippen LogP contribution in [0.15, 0.2) is 18.2 Å². The summed E-state index contributed by atoms with van der Waals surface area (Å²) in [6.45, 7) is 1.92. The molecular weight excluding hydrogens is 321 g/mol. The Hall–Kier alpha value is -1.76. The molecule has 1 fully saturated rings. The Morgan fingerprint density at radius 3 is 2.88 bits per heavy atom. The molecule has 1 aliphatic carbocycles. The number of benzene rings is 1. The van der Waals surface area contributed by atoms with E-state index in [0.717, 1.165) is 12.0 Å². The van der Waals surface area contributed by atoms with Crippen LogP contribution in [-0.2, 0) is 4.79 Å². The smallest absolute Gasteiger partial charge is 0.391 e. The number of anilines is 1. The molecule has 3 atom stereocenters. The molecule has 0 spiro atoms. The Morgan fingerprint density at radius 1 is 1.33 bits per heavy atom. The summed E-state index contributed by atoms with van der Waals surface area (Å²) in [5.41, 5.74) is 1.52. The molecule has 0 unspecified atom stereocenters. The van der Waals surface area contributed by atoms with Crippen LogP contribution in [0, 0.1) is 5.92 Å². The lowest BCUT2D eigenvalue weighted by Crippen LogP contribution is -2.39. The topological polar surface area (TPSA) is 50.4 Å². The van der Waals surface area contributed by atoms with E-state index in [9.17, 15) is 18.0 Å². The summed E-state index contributed by atoms with van der Waals surface area (Å²) in [5.74, 6) is -0.812. The summed E-state index contributed by atoms with van der Waals surface area (Å²) in [6.07, 6.45) is -2.43. The second kappa shape index (κ2) is 6.63. The maximum absolute atomic E-state index is 12.9. The molecule has 1 saturated carbocycles. The number of carbonyl (C=O) groups excluding carboxylic acids is 1. The molecule has 1 aliphatic heterocycles. The SMILES string of the molecule is C[C@H](N[C@@H]1CCC[C@H](C(F)(F)F)C1)c1ccc2c(c1)NC(=O)CO2. The minimum Gasteiger partial charge on any atom is -0.482 e. The number of alkyl halides is 3. The molecule has 3 rings (SSSR count). The second-order valence-corrected chi connectivity index (χ2v) is 6.58. The molecule has 1 aromatic rings. The van der Waals surface area contributed by atoms with Crippen LogP contribution in [0.25, 0.3) is 0 Å². The summed E-state index contributed by atoms with van der Waals surface area (Å²) in [4.78, 5) is 11.4. The van der Waals surface area contributed by atoms with Gasteiger partial charge in [0.05, 0.1) is 11.6 Å². The van der Waals surface area contributed by atoms with Gasteiger partial charge in [-0.3, -0.25) is 4.79 Å². The van der Waals surface area contributed by atoms with Gasteiger partial charge in [-0.25, -0.2) is 0 Å². The molecule has 4 nitrogen and oxygen atoms in total. The molecule has 1 amide bonds. The molecule has 0 radical (unpaired) electrons. The fourth-order valence-corrected chi connectivity index (χ4v) is 3.46. The number of hydrogen-bond acceptors (Lipinski definition) is 3. The zero-order valence-corrected chi connectivity index (χ0v) is 13.5. The van der Waals surface area contributed by atoms with Crippen molar-refractivity contribution in [2.24, 2.45) is 5.92 Å². The first-order valence-electron chi connectivity index (χ1n) is 8.22. The maximum Gasteiger partial charge on any atom is 0.391 e. The summed E-state index contributed by atoms with van der Waals surface area (Å²) < 4.78 is 44.1. The van der Waals surface area contributed by atoms with Gasteiger partial charge in [-0.1, -0.05) is 12.5 Å². The molecule has 0 bridgehead atoms. The van der Waals surface area contributed by atoms with Gasteiger partial charge in [-0.05, 0) is 43.9 Å². The van der Waals surface area contributed by atoms with Crippen LogP contribution in [0.3, 0.4) is 0 Å². The fraction of sp³-hybridized carbons (Fsp3) is 0.588. The average molecular weight is 342 g/mol. The van der Waals surface area contributed by atoms with Crippen LogP contribution < -0.4 is 15.4 Å². The first kappa shape index (κ1) is 17.1. The van der Waals surface area contributed by atoms with Crippen molar-refractivity contribution in [2.45, 2.75) is 50.9 Å². The molecule has 7 heteroatoms. The number of amides is 1. The van der Waals surface area contributed by atoms with E-state index in [1.807, 2.05) is 19.1 Å². The largest absolute Gasteiger partial charge is 0.482 e.